The number of hydrogen-bond acceptors (Lipinski definition) is 7. The van der Waals surface area contributed by atoms with Crippen LogP contribution < -0.4 is 10.6 Å². The average Bonchev–Trinajstić information content (AvgIpc) is 2.93. The first-order chi connectivity index (χ1) is 19.2. The number of fused-ring (bicyclic) bond motifs is 1. The van der Waals surface area contributed by atoms with Gasteiger partial charge in [-0.25, -0.2) is 18.7 Å². The zero-order chi connectivity index (χ0) is 28.7. The molecule has 1 fully saturated rings. The van der Waals surface area contributed by atoms with E-state index >= 15 is 0 Å². The second-order valence-electron chi connectivity index (χ2n) is 9.68. The number of aryl methyl sites for hydroxylation is 2. The number of aromatic nitrogens is 4. The highest BCUT2D eigenvalue weighted by Crippen LogP contribution is 2.38. The van der Waals surface area contributed by atoms with Crippen molar-refractivity contribution in [3.8, 4) is 22.7 Å². The molecule has 4 heterocycles. The third-order valence-corrected chi connectivity index (χ3v) is 7.46. The molecule has 4 aromatic rings. The van der Waals surface area contributed by atoms with Crippen LogP contribution in [0.1, 0.15) is 25.1 Å². The molecule has 11 heteroatoms. The zero-order valence-corrected chi connectivity index (χ0v) is 23.1. The van der Waals surface area contributed by atoms with Gasteiger partial charge in [0.25, 0.3) is 0 Å². The summed E-state index contributed by atoms with van der Waals surface area (Å²) in [5, 5.41) is 11.1. The Morgan fingerprint density at radius 1 is 1.27 bits per heavy atom. The lowest BCUT2D eigenvalue weighted by Crippen LogP contribution is -2.54. The van der Waals surface area contributed by atoms with Crippen LogP contribution in [0.25, 0.3) is 28.0 Å². The Morgan fingerprint density at radius 3 is 2.73 bits per heavy atom. The van der Waals surface area contributed by atoms with Crippen molar-refractivity contribution >= 4 is 34.4 Å². The van der Waals surface area contributed by atoms with E-state index in [0.29, 0.717) is 48.6 Å². The van der Waals surface area contributed by atoms with Gasteiger partial charge < -0.3 is 14.9 Å². The molecule has 0 aliphatic carbocycles. The molecule has 3 aromatic heterocycles. The van der Waals surface area contributed by atoms with Gasteiger partial charge in [0.15, 0.2) is 5.65 Å². The Hall–Kier alpha value is -4.31. The second-order valence-corrected chi connectivity index (χ2v) is 10.1. The Morgan fingerprint density at radius 2 is 2.05 bits per heavy atom. The largest absolute Gasteiger partial charge is 0.507 e. The maximum absolute atomic E-state index is 15.0. The van der Waals surface area contributed by atoms with E-state index in [0.717, 1.165) is 5.56 Å². The molecule has 1 aromatic carbocycles. The SMILES string of the molecule is C=CC(=O)N1CCN(c2nc(=O)n(-c3c(C)ccnc3CC)c3nc(-c4c(O)cccc4F)c(Cl)cc23)[C@@H](C)C1. The van der Waals surface area contributed by atoms with Crippen molar-refractivity contribution in [3.63, 3.8) is 0 Å². The molecule has 206 valence electrons. The fourth-order valence-electron chi connectivity index (χ4n) is 5.22. The van der Waals surface area contributed by atoms with Crippen LogP contribution in [0, 0.1) is 12.7 Å². The highest BCUT2D eigenvalue weighted by Gasteiger charge is 2.30. The van der Waals surface area contributed by atoms with Crippen LogP contribution in [-0.2, 0) is 11.2 Å². The van der Waals surface area contributed by atoms with Gasteiger partial charge >= 0.3 is 5.69 Å². The third-order valence-electron chi connectivity index (χ3n) is 7.18. The van der Waals surface area contributed by atoms with E-state index in [1.54, 1.807) is 23.2 Å². The summed E-state index contributed by atoms with van der Waals surface area (Å²) < 4.78 is 16.3. The number of phenolic OH excluding ortho intramolecular Hbond substituents is 1. The number of aromatic hydroxyl groups is 1. The van der Waals surface area contributed by atoms with Crippen LogP contribution >= 0.6 is 11.6 Å². The molecule has 0 spiro atoms. The minimum atomic E-state index is -0.708. The molecule has 0 radical (unpaired) electrons. The fourth-order valence-corrected chi connectivity index (χ4v) is 5.47. The summed E-state index contributed by atoms with van der Waals surface area (Å²) in [7, 11) is 0. The molecular weight excluding hydrogens is 535 g/mol. The van der Waals surface area contributed by atoms with E-state index in [9.17, 15) is 19.1 Å². The van der Waals surface area contributed by atoms with E-state index in [4.69, 9.17) is 16.6 Å². The summed E-state index contributed by atoms with van der Waals surface area (Å²) in [6.07, 6.45) is 3.49. The summed E-state index contributed by atoms with van der Waals surface area (Å²) in [5.74, 6) is -0.855. The van der Waals surface area contributed by atoms with Gasteiger partial charge in [-0.1, -0.05) is 31.2 Å². The lowest BCUT2D eigenvalue weighted by atomic mass is 10.1. The number of anilines is 1. The molecule has 0 bridgehead atoms. The molecule has 40 heavy (non-hydrogen) atoms. The number of nitrogens with zero attached hydrogens (tertiary/aromatic N) is 6. The number of hydrogen-bond donors (Lipinski definition) is 1. The van der Waals surface area contributed by atoms with Gasteiger partial charge in [0.1, 0.15) is 17.4 Å². The van der Waals surface area contributed by atoms with Gasteiger partial charge in [-0.15, -0.1) is 0 Å². The molecule has 1 N–H and O–H groups in total. The molecule has 1 atom stereocenters. The summed E-state index contributed by atoms with van der Waals surface area (Å²) in [5.41, 5.74) is 1.39. The fraction of sp³-hybridized carbons (Fsp3) is 0.276. The van der Waals surface area contributed by atoms with Crippen LogP contribution in [-0.4, -0.2) is 61.1 Å². The van der Waals surface area contributed by atoms with Gasteiger partial charge in [-0.2, -0.15) is 4.98 Å². The number of benzene rings is 1. The molecule has 1 amide bonds. The number of amides is 1. The average molecular weight is 563 g/mol. The first kappa shape index (κ1) is 27.3. The van der Waals surface area contributed by atoms with E-state index in [1.165, 1.54) is 28.8 Å². The monoisotopic (exact) mass is 562 g/mol. The summed E-state index contributed by atoms with van der Waals surface area (Å²) in [4.78, 5) is 43.4. The maximum atomic E-state index is 15.0. The topological polar surface area (TPSA) is 104 Å². The van der Waals surface area contributed by atoms with Gasteiger partial charge in [-0.3, -0.25) is 9.78 Å². The lowest BCUT2D eigenvalue weighted by Gasteiger charge is -2.40. The van der Waals surface area contributed by atoms with E-state index < -0.39 is 11.5 Å². The molecular formula is C29H28ClFN6O3. The highest BCUT2D eigenvalue weighted by molar-refractivity contribution is 6.34. The zero-order valence-electron chi connectivity index (χ0n) is 22.4. The Balaban J connectivity index is 1.82. The van der Waals surface area contributed by atoms with Crippen LogP contribution in [0.4, 0.5) is 10.2 Å². The van der Waals surface area contributed by atoms with Gasteiger partial charge in [0, 0.05) is 31.9 Å². The number of pyridine rings is 2. The second kappa shape index (κ2) is 10.7. The number of phenols is 1. The summed E-state index contributed by atoms with van der Waals surface area (Å²) in [6.45, 7) is 10.5. The van der Waals surface area contributed by atoms with Crippen molar-refractivity contribution in [2.24, 2.45) is 0 Å². The first-order valence-corrected chi connectivity index (χ1v) is 13.3. The van der Waals surface area contributed by atoms with Crippen molar-refractivity contribution in [2.75, 3.05) is 24.5 Å². The molecule has 1 saturated heterocycles. The van der Waals surface area contributed by atoms with E-state index in [1.807, 2.05) is 25.7 Å². The Bertz CT molecular complexity index is 1700. The predicted octanol–water partition coefficient (Wildman–Crippen LogP) is 4.43. The van der Waals surface area contributed by atoms with Crippen molar-refractivity contribution < 1.29 is 14.3 Å². The van der Waals surface area contributed by atoms with Crippen molar-refractivity contribution in [3.05, 3.63) is 81.8 Å². The molecule has 5 rings (SSSR count). The van der Waals surface area contributed by atoms with Crippen LogP contribution in [0.15, 0.2) is 54.0 Å². The quantitative estimate of drug-likeness (QED) is 0.359. The molecule has 1 aliphatic heterocycles. The van der Waals surface area contributed by atoms with Crippen molar-refractivity contribution in [1.29, 1.82) is 0 Å². The summed E-state index contributed by atoms with van der Waals surface area (Å²) >= 11 is 6.69. The smallest absolute Gasteiger partial charge is 0.355 e. The van der Waals surface area contributed by atoms with E-state index in [2.05, 4.69) is 16.5 Å². The number of halogens is 2. The minimum absolute atomic E-state index is 0.0101. The van der Waals surface area contributed by atoms with Gasteiger partial charge in [0.2, 0.25) is 5.91 Å². The Kier molecular flexibility index (Phi) is 7.29. The normalized spacial score (nSPS) is 15.5. The Labute approximate surface area is 235 Å². The lowest BCUT2D eigenvalue weighted by molar-refractivity contribution is -0.126. The molecule has 0 unspecified atom stereocenters. The van der Waals surface area contributed by atoms with Gasteiger partial charge in [-0.05, 0) is 56.2 Å². The van der Waals surface area contributed by atoms with Crippen molar-refractivity contribution in [1.82, 2.24) is 24.4 Å². The standard InChI is InChI=1S/C29H28ClFN6O3/c1-5-21-26(16(3)10-11-32-21)37-28-18(14-19(30)25(33-28)24-20(31)8-7-9-22(24)38)27(34-29(37)40)36-13-12-35(15-17(36)4)23(39)6-2/h6-11,14,17,38H,2,5,12-13,15H2,1,3-4H3/t17-/m0/s1. The first-order valence-electron chi connectivity index (χ1n) is 12.9. The summed E-state index contributed by atoms with van der Waals surface area (Å²) in [6, 6.07) is 7.12. The minimum Gasteiger partial charge on any atom is -0.507 e. The van der Waals surface area contributed by atoms with Gasteiger partial charge in [0.05, 0.1) is 33.0 Å². The van der Waals surface area contributed by atoms with Crippen LogP contribution in [0.5, 0.6) is 5.75 Å². The van der Waals surface area contributed by atoms with Crippen LogP contribution in [0.3, 0.4) is 0 Å². The van der Waals surface area contributed by atoms with E-state index in [-0.39, 0.29) is 39.6 Å². The number of carbonyl (C=O) groups is 1. The predicted molar refractivity (Wildman–Crippen MR) is 153 cm³/mol. The molecule has 0 saturated carbocycles. The van der Waals surface area contributed by atoms with Crippen molar-refractivity contribution in [2.45, 2.75) is 33.2 Å². The molecule has 1 aliphatic rings. The molecule has 9 nitrogen and oxygen atoms in total. The van der Waals surface area contributed by atoms with Crippen LogP contribution in [0.2, 0.25) is 5.02 Å². The number of rotatable bonds is 5. The third kappa shape index (κ3) is 4.58. The number of carbonyl (C=O) groups excluding carboxylic acids is 1. The maximum Gasteiger partial charge on any atom is 0.355 e. The highest BCUT2D eigenvalue weighted by atomic mass is 35.5. The number of piperazine rings is 1.